The lowest BCUT2D eigenvalue weighted by Crippen LogP contribution is -2.33. The van der Waals surface area contributed by atoms with Crippen LogP contribution in [-0.2, 0) is 16.0 Å². The first-order valence-electron chi connectivity index (χ1n) is 4.32. The summed E-state index contributed by atoms with van der Waals surface area (Å²) in [5, 5.41) is 0. The summed E-state index contributed by atoms with van der Waals surface area (Å²) < 4.78 is 4.52. The van der Waals surface area contributed by atoms with E-state index in [4.69, 9.17) is 11.5 Å². The molecule has 76 valence electrons. The van der Waals surface area contributed by atoms with E-state index in [1.54, 1.807) is 6.07 Å². The number of esters is 1. The third-order valence-corrected chi connectivity index (χ3v) is 2.00. The zero-order valence-electron chi connectivity index (χ0n) is 8.07. The Balaban J connectivity index is 2.69. The molecule has 4 nitrogen and oxygen atoms in total. The number of methoxy groups -OCH3 is 1. The van der Waals surface area contributed by atoms with Crippen molar-refractivity contribution >= 4 is 11.7 Å². The third-order valence-electron chi connectivity index (χ3n) is 2.00. The van der Waals surface area contributed by atoms with Gasteiger partial charge in [0.05, 0.1) is 7.11 Å². The maximum atomic E-state index is 11.0. The first kappa shape index (κ1) is 10.5. The van der Waals surface area contributed by atoms with Crippen molar-refractivity contribution in [2.24, 2.45) is 5.73 Å². The number of carbonyl (C=O) groups excluding carboxylic acids is 1. The Bertz CT molecular complexity index is 326. The predicted molar refractivity (Wildman–Crippen MR) is 54.5 cm³/mol. The number of nitrogens with two attached hydrogens (primary N) is 2. The van der Waals surface area contributed by atoms with Gasteiger partial charge in [-0.05, 0) is 11.6 Å². The van der Waals surface area contributed by atoms with E-state index in [9.17, 15) is 4.79 Å². The molecule has 0 unspecified atom stereocenters. The molecule has 0 spiro atoms. The normalized spacial score (nSPS) is 12.1. The lowest BCUT2D eigenvalue weighted by atomic mass is 10.1. The number of anilines is 1. The van der Waals surface area contributed by atoms with E-state index >= 15 is 0 Å². The SMILES string of the molecule is COC(=O)[C@H](N)Cc1ccccc1N. The molecule has 0 radical (unpaired) electrons. The van der Waals surface area contributed by atoms with E-state index in [-0.39, 0.29) is 0 Å². The Labute approximate surface area is 82.8 Å². The number of rotatable bonds is 3. The molecular weight excluding hydrogens is 180 g/mol. The largest absolute Gasteiger partial charge is 0.468 e. The minimum atomic E-state index is -0.648. The van der Waals surface area contributed by atoms with Crippen LogP contribution in [0.3, 0.4) is 0 Å². The molecule has 0 heterocycles. The van der Waals surface area contributed by atoms with Crippen molar-refractivity contribution in [1.82, 2.24) is 0 Å². The van der Waals surface area contributed by atoms with Gasteiger partial charge < -0.3 is 16.2 Å². The summed E-state index contributed by atoms with van der Waals surface area (Å²) in [6, 6.07) is 6.67. The Morgan fingerprint density at radius 3 is 2.71 bits per heavy atom. The lowest BCUT2D eigenvalue weighted by molar-refractivity contribution is -0.142. The van der Waals surface area contributed by atoms with Gasteiger partial charge in [-0.2, -0.15) is 0 Å². The van der Waals surface area contributed by atoms with Crippen molar-refractivity contribution in [3.63, 3.8) is 0 Å². The van der Waals surface area contributed by atoms with Gasteiger partial charge in [0, 0.05) is 12.1 Å². The van der Waals surface area contributed by atoms with Crippen LogP contribution in [0.4, 0.5) is 5.69 Å². The molecule has 1 aromatic rings. The van der Waals surface area contributed by atoms with Crippen molar-refractivity contribution in [3.05, 3.63) is 29.8 Å². The summed E-state index contributed by atoms with van der Waals surface area (Å²) in [7, 11) is 1.32. The standard InChI is InChI=1S/C10H14N2O2/c1-14-10(13)9(12)6-7-4-2-3-5-8(7)11/h2-5,9H,6,11-12H2,1H3/t9-/m1/s1. The molecule has 0 fully saturated rings. The van der Waals surface area contributed by atoms with Gasteiger partial charge in [-0.15, -0.1) is 0 Å². The molecule has 1 aromatic carbocycles. The van der Waals surface area contributed by atoms with Crippen LogP contribution in [0.1, 0.15) is 5.56 Å². The van der Waals surface area contributed by atoms with E-state index in [1.807, 2.05) is 18.2 Å². The minimum Gasteiger partial charge on any atom is -0.468 e. The number of carbonyl (C=O) groups is 1. The fourth-order valence-electron chi connectivity index (χ4n) is 1.19. The van der Waals surface area contributed by atoms with E-state index in [2.05, 4.69) is 4.74 Å². The van der Waals surface area contributed by atoms with Gasteiger partial charge in [0.25, 0.3) is 0 Å². The van der Waals surface area contributed by atoms with Crippen molar-refractivity contribution in [2.75, 3.05) is 12.8 Å². The molecule has 4 N–H and O–H groups in total. The molecule has 0 aliphatic rings. The van der Waals surface area contributed by atoms with Crippen LogP contribution >= 0.6 is 0 Å². The maximum Gasteiger partial charge on any atom is 0.322 e. The van der Waals surface area contributed by atoms with Crippen molar-refractivity contribution in [1.29, 1.82) is 0 Å². The zero-order valence-corrected chi connectivity index (χ0v) is 8.07. The van der Waals surface area contributed by atoms with Crippen molar-refractivity contribution in [2.45, 2.75) is 12.5 Å². The molecule has 14 heavy (non-hydrogen) atoms. The number of nitrogen functional groups attached to an aromatic ring is 1. The minimum absolute atomic E-state index is 0.402. The first-order valence-corrected chi connectivity index (χ1v) is 4.32. The van der Waals surface area contributed by atoms with E-state index in [0.717, 1.165) is 5.56 Å². The van der Waals surface area contributed by atoms with Crippen LogP contribution in [0.5, 0.6) is 0 Å². The number of hydrogen-bond donors (Lipinski definition) is 2. The summed E-state index contributed by atoms with van der Waals surface area (Å²) >= 11 is 0. The molecule has 0 saturated heterocycles. The average molecular weight is 194 g/mol. The molecule has 0 saturated carbocycles. The average Bonchev–Trinajstić information content (AvgIpc) is 2.20. The Kier molecular flexibility index (Phi) is 3.48. The van der Waals surface area contributed by atoms with Gasteiger partial charge >= 0.3 is 5.97 Å². The highest BCUT2D eigenvalue weighted by molar-refractivity contribution is 5.76. The van der Waals surface area contributed by atoms with E-state index in [0.29, 0.717) is 12.1 Å². The van der Waals surface area contributed by atoms with Crippen LogP contribution in [0.25, 0.3) is 0 Å². The van der Waals surface area contributed by atoms with Crippen LogP contribution < -0.4 is 11.5 Å². The topological polar surface area (TPSA) is 78.3 Å². The zero-order chi connectivity index (χ0) is 10.6. The van der Waals surface area contributed by atoms with Crippen LogP contribution in [0, 0.1) is 0 Å². The smallest absolute Gasteiger partial charge is 0.322 e. The molecule has 0 bridgehead atoms. The third kappa shape index (κ3) is 2.47. The number of para-hydroxylation sites is 1. The Morgan fingerprint density at radius 2 is 2.14 bits per heavy atom. The van der Waals surface area contributed by atoms with Gasteiger partial charge in [-0.1, -0.05) is 18.2 Å². The van der Waals surface area contributed by atoms with Crippen molar-refractivity contribution in [3.8, 4) is 0 Å². The summed E-state index contributed by atoms with van der Waals surface area (Å²) in [5.41, 5.74) is 12.8. The summed E-state index contributed by atoms with van der Waals surface area (Å²) in [6.07, 6.45) is 0.402. The van der Waals surface area contributed by atoms with E-state index < -0.39 is 12.0 Å². The summed E-state index contributed by atoms with van der Waals surface area (Å²) in [5.74, 6) is -0.423. The second kappa shape index (κ2) is 4.62. The number of benzene rings is 1. The highest BCUT2D eigenvalue weighted by Crippen LogP contribution is 2.12. The fourth-order valence-corrected chi connectivity index (χ4v) is 1.19. The van der Waals surface area contributed by atoms with Crippen LogP contribution in [0.2, 0.25) is 0 Å². The highest BCUT2D eigenvalue weighted by Gasteiger charge is 2.14. The Hall–Kier alpha value is -1.55. The highest BCUT2D eigenvalue weighted by atomic mass is 16.5. The molecule has 0 aliphatic carbocycles. The van der Waals surface area contributed by atoms with Crippen LogP contribution in [-0.4, -0.2) is 19.1 Å². The van der Waals surface area contributed by atoms with Crippen LogP contribution in [0.15, 0.2) is 24.3 Å². The van der Waals surface area contributed by atoms with Crippen molar-refractivity contribution < 1.29 is 9.53 Å². The van der Waals surface area contributed by atoms with E-state index in [1.165, 1.54) is 7.11 Å². The van der Waals surface area contributed by atoms with Gasteiger partial charge in [0.2, 0.25) is 0 Å². The fraction of sp³-hybridized carbons (Fsp3) is 0.300. The quantitative estimate of drug-likeness (QED) is 0.536. The molecule has 1 atom stereocenters. The lowest BCUT2D eigenvalue weighted by Gasteiger charge is -2.10. The number of hydrogen-bond acceptors (Lipinski definition) is 4. The predicted octanol–water partition coefficient (Wildman–Crippen LogP) is 0.312. The maximum absolute atomic E-state index is 11.0. The summed E-state index contributed by atoms with van der Waals surface area (Å²) in [4.78, 5) is 11.0. The second-order valence-electron chi connectivity index (χ2n) is 3.03. The molecule has 1 rings (SSSR count). The van der Waals surface area contributed by atoms with Gasteiger partial charge in [0.1, 0.15) is 6.04 Å². The van der Waals surface area contributed by atoms with Gasteiger partial charge in [0.15, 0.2) is 0 Å². The second-order valence-corrected chi connectivity index (χ2v) is 3.03. The van der Waals surface area contributed by atoms with Gasteiger partial charge in [-0.3, -0.25) is 4.79 Å². The van der Waals surface area contributed by atoms with Gasteiger partial charge in [-0.25, -0.2) is 0 Å². The Morgan fingerprint density at radius 1 is 1.50 bits per heavy atom. The number of ether oxygens (including phenoxy) is 1. The molecule has 0 amide bonds. The molecule has 0 aromatic heterocycles. The monoisotopic (exact) mass is 194 g/mol. The molecule has 0 aliphatic heterocycles. The molecular formula is C10H14N2O2. The summed E-state index contributed by atoms with van der Waals surface area (Å²) in [6.45, 7) is 0. The molecule has 4 heteroatoms. The first-order chi connectivity index (χ1) is 6.65.